The molecule has 1 fully saturated rings. The third kappa shape index (κ3) is 3.04. The fraction of sp³-hybridized carbons (Fsp3) is 0.667. The van der Waals surface area contributed by atoms with E-state index in [1.807, 2.05) is 11.8 Å². The van der Waals surface area contributed by atoms with E-state index in [-0.39, 0.29) is 12.5 Å². The number of nitrogens with zero attached hydrogens (tertiary/aromatic N) is 2. The molecule has 0 unspecified atom stereocenters. The van der Waals surface area contributed by atoms with Crippen molar-refractivity contribution in [3.8, 4) is 0 Å². The summed E-state index contributed by atoms with van der Waals surface area (Å²) in [5.74, 6) is 0.494. The zero-order valence-corrected chi connectivity index (χ0v) is 11.1. The fourth-order valence-electron chi connectivity index (χ4n) is 2.18. The molecule has 0 radical (unpaired) electrons. The van der Waals surface area contributed by atoms with E-state index in [4.69, 9.17) is 4.74 Å². The number of carbonyl (C=O) groups excluding carboxylic acids is 1. The van der Waals surface area contributed by atoms with Crippen LogP contribution in [-0.4, -0.2) is 42.6 Å². The lowest BCUT2D eigenvalue weighted by Gasteiger charge is -2.31. The normalized spacial score (nSPS) is 20.6. The largest absolute Gasteiger partial charge is 0.375 e. The van der Waals surface area contributed by atoms with E-state index in [2.05, 4.69) is 10.4 Å². The first-order valence-electron chi connectivity index (χ1n) is 5.89. The lowest BCUT2D eigenvalue weighted by atomic mass is 9.99. The fourth-order valence-corrected chi connectivity index (χ4v) is 3.11. The van der Waals surface area contributed by atoms with Crippen molar-refractivity contribution in [2.45, 2.75) is 25.7 Å². The molecule has 1 saturated heterocycles. The van der Waals surface area contributed by atoms with Crippen molar-refractivity contribution >= 4 is 17.2 Å². The zero-order chi connectivity index (χ0) is 12.3. The molecule has 5 heteroatoms. The molecule has 0 spiro atoms. The molecule has 0 aromatic carbocycles. The Kier molecular flexibility index (Phi) is 4.12. The maximum Gasteiger partial charge on any atom is 0.248 e. The van der Waals surface area contributed by atoms with E-state index in [0.29, 0.717) is 5.92 Å². The molecule has 1 atom stereocenters. The number of ether oxygens (including phenoxy) is 1. The second-order valence-electron chi connectivity index (χ2n) is 4.44. The van der Waals surface area contributed by atoms with E-state index in [1.54, 1.807) is 18.4 Å². The summed E-state index contributed by atoms with van der Waals surface area (Å²) in [4.78, 5) is 18.2. The molecule has 0 bridgehead atoms. The number of thiazole rings is 1. The van der Waals surface area contributed by atoms with Gasteiger partial charge >= 0.3 is 0 Å². The van der Waals surface area contributed by atoms with Gasteiger partial charge in [-0.1, -0.05) is 0 Å². The summed E-state index contributed by atoms with van der Waals surface area (Å²) in [5, 5.41) is 3.24. The Balaban J connectivity index is 1.99. The van der Waals surface area contributed by atoms with Gasteiger partial charge < -0.3 is 9.64 Å². The highest BCUT2D eigenvalue weighted by molar-refractivity contribution is 7.09. The molecule has 2 heterocycles. The monoisotopic (exact) mass is 254 g/mol. The van der Waals surface area contributed by atoms with Crippen molar-refractivity contribution in [2.24, 2.45) is 0 Å². The SMILES string of the molecule is COCC(=O)N1CCC[C@H](c2nc(C)cs2)C1. The summed E-state index contributed by atoms with van der Waals surface area (Å²) in [6, 6.07) is 0. The number of hydrogen-bond donors (Lipinski definition) is 0. The van der Waals surface area contributed by atoms with Crippen LogP contribution in [0.3, 0.4) is 0 Å². The molecule has 0 N–H and O–H groups in total. The molecular formula is C12H18N2O2S. The average molecular weight is 254 g/mol. The summed E-state index contributed by atoms with van der Waals surface area (Å²) in [6.45, 7) is 3.83. The van der Waals surface area contributed by atoms with Crippen LogP contribution in [-0.2, 0) is 9.53 Å². The number of hydrogen-bond acceptors (Lipinski definition) is 4. The Morgan fingerprint density at radius 1 is 1.71 bits per heavy atom. The molecule has 94 valence electrons. The molecule has 0 saturated carbocycles. The van der Waals surface area contributed by atoms with Gasteiger partial charge in [-0.15, -0.1) is 11.3 Å². The van der Waals surface area contributed by atoms with E-state index in [1.165, 1.54) is 0 Å². The molecule has 4 nitrogen and oxygen atoms in total. The highest BCUT2D eigenvalue weighted by Gasteiger charge is 2.26. The summed E-state index contributed by atoms with van der Waals surface area (Å²) in [5.41, 5.74) is 1.07. The second kappa shape index (κ2) is 5.60. The Morgan fingerprint density at radius 3 is 3.18 bits per heavy atom. The van der Waals surface area contributed by atoms with Crippen molar-refractivity contribution in [1.29, 1.82) is 0 Å². The van der Waals surface area contributed by atoms with E-state index >= 15 is 0 Å². The van der Waals surface area contributed by atoms with Gasteiger partial charge in [-0.05, 0) is 19.8 Å². The Morgan fingerprint density at radius 2 is 2.53 bits per heavy atom. The van der Waals surface area contributed by atoms with Crippen LogP contribution in [0, 0.1) is 6.92 Å². The molecule has 1 aliphatic heterocycles. The van der Waals surface area contributed by atoms with Crippen molar-refractivity contribution < 1.29 is 9.53 Å². The lowest BCUT2D eigenvalue weighted by Crippen LogP contribution is -2.40. The van der Waals surface area contributed by atoms with Gasteiger partial charge in [-0.3, -0.25) is 4.79 Å². The molecule has 1 aliphatic rings. The van der Waals surface area contributed by atoms with Crippen LogP contribution in [0.25, 0.3) is 0 Å². The van der Waals surface area contributed by atoms with E-state index in [0.717, 1.165) is 36.6 Å². The van der Waals surface area contributed by atoms with Gasteiger partial charge in [0.25, 0.3) is 0 Å². The van der Waals surface area contributed by atoms with Crippen LogP contribution in [0.2, 0.25) is 0 Å². The first kappa shape index (κ1) is 12.5. The summed E-state index contributed by atoms with van der Waals surface area (Å²) in [6.07, 6.45) is 2.18. The molecule has 17 heavy (non-hydrogen) atoms. The van der Waals surface area contributed by atoms with Gasteiger partial charge in [-0.2, -0.15) is 0 Å². The van der Waals surface area contributed by atoms with Crippen molar-refractivity contribution in [3.05, 3.63) is 16.1 Å². The maximum absolute atomic E-state index is 11.8. The first-order chi connectivity index (χ1) is 8.20. The number of piperidine rings is 1. The van der Waals surface area contributed by atoms with E-state index < -0.39 is 0 Å². The first-order valence-corrected chi connectivity index (χ1v) is 6.77. The third-order valence-corrected chi connectivity index (χ3v) is 4.15. The number of rotatable bonds is 3. The molecule has 1 aromatic heterocycles. The molecule has 0 aliphatic carbocycles. The van der Waals surface area contributed by atoms with Crippen LogP contribution >= 0.6 is 11.3 Å². The number of methoxy groups -OCH3 is 1. The highest BCUT2D eigenvalue weighted by Crippen LogP contribution is 2.29. The standard InChI is InChI=1S/C12H18N2O2S/c1-9-8-17-12(13-9)10-4-3-5-14(6-10)11(15)7-16-2/h8,10H,3-7H2,1-2H3/t10-/m0/s1. The molecular weight excluding hydrogens is 236 g/mol. The summed E-state index contributed by atoms with van der Waals surface area (Å²) in [7, 11) is 1.56. The van der Waals surface area contributed by atoms with Crippen LogP contribution in [0.15, 0.2) is 5.38 Å². The van der Waals surface area contributed by atoms with Crippen LogP contribution in [0.5, 0.6) is 0 Å². The quantitative estimate of drug-likeness (QED) is 0.826. The highest BCUT2D eigenvalue weighted by atomic mass is 32.1. The zero-order valence-electron chi connectivity index (χ0n) is 10.3. The Bertz CT molecular complexity index is 392. The predicted molar refractivity (Wildman–Crippen MR) is 67.3 cm³/mol. The van der Waals surface area contributed by atoms with Crippen LogP contribution in [0.4, 0.5) is 0 Å². The van der Waals surface area contributed by atoms with E-state index in [9.17, 15) is 4.79 Å². The van der Waals surface area contributed by atoms with Gasteiger partial charge in [0.15, 0.2) is 0 Å². The number of carbonyl (C=O) groups is 1. The van der Waals surface area contributed by atoms with Gasteiger partial charge in [0.2, 0.25) is 5.91 Å². The number of aromatic nitrogens is 1. The van der Waals surface area contributed by atoms with Crippen LogP contribution in [0.1, 0.15) is 29.5 Å². The number of likely N-dealkylation sites (tertiary alicyclic amines) is 1. The van der Waals surface area contributed by atoms with Gasteiger partial charge in [0.1, 0.15) is 6.61 Å². The maximum atomic E-state index is 11.8. The molecule has 2 rings (SSSR count). The third-order valence-electron chi connectivity index (χ3n) is 3.03. The average Bonchev–Trinajstić information content (AvgIpc) is 2.76. The second-order valence-corrected chi connectivity index (χ2v) is 5.33. The topological polar surface area (TPSA) is 42.4 Å². The minimum atomic E-state index is 0.0884. The Hall–Kier alpha value is -0.940. The molecule has 1 aromatic rings. The number of aryl methyl sites for hydroxylation is 1. The van der Waals surface area contributed by atoms with Crippen molar-refractivity contribution in [1.82, 2.24) is 9.88 Å². The Labute approximate surface area is 106 Å². The minimum Gasteiger partial charge on any atom is -0.375 e. The summed E-state index contributed by atoms with van der Waals surface area (Å²) < 4.78 is 4.90. The predicted octanol–water partition coefficient (Wildman–Crippen LogP) is 1.80. The molecule has 1 amide bonds. The lowest BCUT2D eigenvalue weighted by molar-refractivity contribution is -0.136. The van der Waals surface area contributed by atoms with Crippen molar-refractivity contribution in [2.75, 3.05) is 26.8 Å². The van der Waals surface area contributed by atoms with Crippen LogP contribution < -0.4 is 0 Å². The van der Waals surface area contributed by atoms with Crippen molar-refractivity contribution in [3.63, 3.8) is 0 Å². The summed E-state index contributed by atoms with van der Waals surface area (Å²) >= 11 is 1.70. The van der Waals surface area contributed by atoms with Gasteiger partial charge in [-0.25, -0.2) is 4.98 Å². The van der Waals surface area contributed by atoms with Gasteiger partial charge in [0.05, 0.1) is 5.01 Å². The number of amides is 1. The minimum absolute atomic E-state index is 0.0884. The smallest absolute Gasteiger partial charge is 0.248 e. The van der Waals surface area contributed by atoms with Gasteiger partial charge in [0, 0.05) is 37.2 Å².